The highest BCUT2D eigenvalue weighted by Crippen LogP contribution is 2.28. The number of benzene rings is 2. The van der Waals surface area contributed by atoms with Crippen LogP contribution < -0.4 is 10.4 Å². The molecule has 19 heavy (non-hydrogen) atoms. The smallest absolute Gasteiger partial charge is 0.206 e. The Bertz CT molecular complexity index is 577. The maximum absolute atomic E-state index is 6.72. The van der Waals surface area contributed by atoms with Crippen molar-refractivity contribution in [3.8, 4) is 11.1 Å². The Morgan fingerprint density at radius 1 is 0.632 bits per heavy atom. The van der Waals surface area contributed by atoms with Crippen molar-refractivity contribution in [1.82, 2.24) is 0 Å². The van der Waals surface area contributed by atoms with Gasteiger partial charge in [0.1, 0.15) is 0 Å². The van der Waals surface area contributed by atoms with Gasteiger partial charge in [0.25, 0.3) is 0 Å². The molecule has 0 unspecified atom stereocenters. The molecule has 3 rings (SSSR count). The Kier molecular flexibility index (Phi) is 2.82. The van der Waals surface area contributed by atoms with Crippen LogP contribution in [0.1, 0.15) is 0 Å². The molecular formula is C16H20OSi2. The van der Waals surface area contributed by atoms with E-state index >= 15 is 0 Å². The maximum atomic E-state index is 6.72. The van der Waals surface area contributed by atoms with Crippen LogP contribution in [0, 0.1) is 0 Å². The van der Waals surface area contributed by atoms with Crippen LogP contribution in [0.4, 0.5) is 0 Å². The number of hydrogen-bond acceptors (Lipinski definition) is 1. The summed E-state index contributed by atoms with van der Waals surface area (Å²) in [5, 5.41) is 2.86. The zero-order valence-electron chi connectivity index (χ0n) is 12.0. The highest BCUT2D eigenvalue weighted by atomic mass is 28.4. The minimum atomic E-state index is -1.83. The zero-order chi connectivity index (χ0) is 13.7. The summed E-state index contributed by atoms with van der Waals surface area (Å²) in [6.45, 7) is 9.30. The van der Waals surface area contributed by atoms with Crippen LogP contribution in [-0.4, -0.2) is 16.6 Å². The fraction of sp³-hybridized carbons (Fsp3) is 0.250. The van der Waals surface area contributed by atoms with Gasteiger partial charge in [0, 0.05) is 0 Å². The first-order valence-electron chi connectivity index (χ1n) is 6.81. The molecule has 0 bridgehead atoms. The van der Waals surface area contributed by atoms with Crippen molar-refractivity contribution in [2.75, 3.05) is 0 Å². The van der Waals surface area contributed by atoms with Gasteiger partial charge in [-0.05, 0) is 47.7 Å². The standard InChI is InChI=1S/C16H20OSi2/c1-18(2)15-11-7-5-9-13(15)14-10-6-8-12-16(14)19(3,4)17-18/h5-12H,1-4H3. The predicted molar refractivity (Wildman–Crippen MR) is 87.2 cm³/mol. The quantitative estimate of drug-likeness (QED) is 0.675. The van der Waals surface area contributed by atoms with Crippen molar-refractivity contribution in [2.45, 2.75) is 26.2 Å². The van der Waals surface area contributed by atoms with Gasteiger partial charge >= 0.3 is 0 Å². The van der Waals surface area contributed by atoms with Crippen LogP contribution in [0.5, 0.6) is 0 Å². The summed E-state index contributed by atoms with van der Waals surface area (Å²) in [6.07, 6.45) is 0. The van der Waals surface area contributed by atoms with Crippen LogP contribution in [0.15, 0.2) is 48.5 Å². The molecule has 0 spiro atoms. The van der Waals surface area contributed by atoms with Gasteiger partial charge in [-0.1, -0.05) is 48.5 Å². The lowest BCUT2D eigenvalue weighted by Crippen LogP contribution is -2.55. The molecule has 1 heterocycles. The normalized spacial score (nSPS) is 19.2. The second kappa shape index (κ2) is 4.16. The summed E-state index contributed by atoms with van der Waals surface area (Å²) in [7, 11) is -3.67. The first kappa shape index (κ1) is 12.8. The second-order valence-electron chi connectivity index (χ2n) is 6.21. The molecule has 0 N–H and O–H groups in total. The Balaban J connectivity index is 2.38. The zero-order valence-corrected chi connectivity index (χ0v) is 14.0. The lowest BCUT2D eigenvalue weighted by molar-refractivity contribution is 0.574. The second-order valence-corrected chi connectivity index (χ2v) is 14.1. The van der Waals surface area contributed by atoms with Crippen LogP contribution in [0.25, 0.3) is 11.1 Å². The van der Waals surface area contributed by atoms with E-state index in [1.807, 2.05) is 0 Å². The molecule has 0 amide bonds. The molecule has 0 saturated heterocycles. The van der Waals surface area contributed by atoms with E-state index in [2.05, 4.69) is 74.7 Å². The summed E-state index contributed by atoms with van der Waals surface area (Å²) >= 11 is 0. The fourth-order valence-electron chi connectivity index (χ4n) is 3.23. The molecule has 0 aromatic heterocycles. The largest absolute Gasteiger partial charge is 0.449 e. The van der Waals surface area contributed by atoms with Crippen molar-refractivity contribution in [3.63, 3.8) is 0 Å². The third kappa shape index (κ3) is 2.02. The van der Waals surface area contributed by atoms with Crippen molar-refractivity contribution in [2.24, 2.45) is 0 Å². The van der Waals surface area contributed by atoms with E-state index in [1.165, 1.54) is 21.5 Å². The minimum absolute atomic E-state index is 1.38. The van der Waals surface area contributed by atoms with Gasteiger partial charge in [-0.2, -0.15) is 0 Å². The molecule has 1 aliphatic rings. The highest BCUT2D eigenvalue weighted by molar-refractivity contribution is 6.98. The van der Waals surface area contributed by atoms with Crippen molar-refractivity contribution in [3.05, 3.63) is 48.5 Å². The molecule has 2 aromatic carbocycles. The third-order valence-corrected chi connectivity index (χ3v) is 11.5. The Hall–Kier alpha value is -1.17. The van der Waals surface area contributed by atoms with E-state index in [0.29, 0.717) is 0 Å². The van der Waals surface area contributed by atoms with Crippen molar-refractivity contribution < 1.29 is 4.12 Å². The third-order valence-electron chi connectivity index (χ3n) is 3.95. The number of fused-ring (bicyclic) bond motifs is 3. The van der Waals surface area contributed by atoms with E-state index in [0.717, 1.165) is 0 Å². The van der Waals surface area contributed by atoms with Gasteiger partial charge in [0.2, 0.25) is 16.6 Å². The summed E-state index contributed by atoms with van der Waals surface area (Å²) in [5.74, 6) is 0. The van der Waals surface area contributed by atoms with E-state index in [4.69, 9.17) is 4.12 Å². The van der Waals surface area contributed by atoms with Crippen molar-refractivity contribution >= 4 is 27.0 Å². The van der Waals surface area contributed by atoms with E-state index < -0.39 is 16.6 Å². The average Bonchev–Trinajstić information content (AvgIpc) is 2.43. The summed E-state index contributed by atoms with van der Waals surface area (Å²) in [6, 6.07) is 17.6. The summed E-state index contributed by atoms with van der Waals surface area (Å²) < 4.78 is 6.72. The van der Waals surface area contributed by atoms with Gasteiger partial charge in [0.05, 0.1) is 0 Å². The molecule has 0 radical (unpaired) electrons. The molecule has 1 aliphatic heterocycles. The fourth-order valence-corrected chi connectivity index (χ4v) is 11.9. The molecular weight excluding hydrogens is 264 g/mol. The first-order chi connectivity index (χ1) is 8.92. The lowest BCUT2D eigenvalue weighted by atomic mass is 10.1. The van der Waals surface area contributed by atoms with Gasteiger partial charge in [-0.25, -0.2) is 0 Å². The molecule has 3 heteroatoms. The van der Waals surface area contributed by atoms with Gasteiger partial charge < -0.3 is 4.12 Å². The molecule has 1 nitrogen and oxygen atoms in total. The SMILES string of the molecule is C[Si]1(C)O[Si](C)(C)c2ccccc2-c2ccccc21. The van der Waals surface area contributed by atoms with Crippen LogP contribution in [-0.2, 0) is 4.12 Å². The van der Waals surface area contributed by atoms with Crippen LogP contribution in [0.3, 0.4) is 0 Å². The monoisotopic (exact) mass is 284 g/mol. The van der Waals surface area contributed by atoms with Crippen LogP contribution >= 0.6 is 0 Å². The van der Waals surface area contributed by atoms with E-state index in [9.17, 15) is 0 Å². The lowest BCUT2D eigenvalue weighted by Gasteiger charge is -2.32. The summed E-state index contributed by atoms with van der Waals surface area (Å²) in [5.41, 5.74) is 2.76. The highest BCUT2D eigenvalue weighted by Gasteiger charge is 2.41. The first-order valence-corrected chi connectivity index (χ1v) is 12.6. The Morgan fingerprint density at radius 2 is 1.00 bits per heavy atom. The molecule has 0 atom stereocenters. The maximum Gasteiger partial charge on any atom is 0.206 e. The minimum Gasteiger partial charge on any atom is -0.449 e. The molecule has 98 valence electrons. The van der Waals surface area contributed by atoms with Gasteiger partial charge in [-0.15, -0.1) is 0 Å². The van der Waals surface area contributed by atoms with Gasteiger partial charge in [0.15, 0.2) is 0 Å². The average molecular weight is 285 g/mol. The van der Waals surface area contributed by atoms with Crippen molar-refractivity contribution in [1.29, 1.82) is 0 Å². The Morgan fingerprint density at radius 3 is 1.42 bits per heavy atom. The molecule has 2 aromatic rings. The van der Waals surface area contributed by atoms with Gasteiger partial charge in [-0.3, -0.25) is 0 Å². The molecule has 0 aliphatic carbocycles. The number of hydrogen-bond donors (Lipinski definition) is 0. The predicted octanol–water partition coefficient (Wildman–Crippen LogP) is 3.21. The van der Waals surface area contributed by atoms with E-state index in [1.54, 1.807) is 0 Å². The number of rotatable bonds is 0. The topological polar surface area (TPSA) is 9.23 Å². The molecule has 0 saturated carbocycles. The molecule has 0 fully saturated rings. The Labute approximate surface area is 117 Å². The summed E-state index contributed by atoms with van der Waals surface area (Å²) in [4.78, 5) is 0. The van der Waals surface area contributed by atoms with Crippen LogP contribution in [0.2, 0.25) is 26.2 Å². The van der Waals surface area contributed by atoms with E-state index in [-0.39, 0.29) is 0 Å².